The molecule has 0 fully saturated rings. The summed E-state index contributed by atoms with van der Waals surface area (Å²) in [5, 5.41) is 12.7. The highest BCUT2D eigenvalue weighted by Gasteiger charge is 2.36. The summed E-state index contributed by atoms with van der Waals surface area (Å²) in [6, 6.07) is 6.85. The molecule has 2 aromatic carbocycles. The Bertz CT molecular complexity index is 1100. The molecule has 0 unspecified atom stereocenters. The van der Waals surface area contributed by atoms with Crippen molar-refractivity contribution in [2.75, 3.05) is 12.4 Å². The fraction of sp³-hybridized carbons (Fsp3) is 0.364. The van der Waals surface area contributed by atoms with Gasteiger partial charge in [0.2, 0.25) is 15.9 Å². The van der Waals surface area contributed by atoms with Crippen molar-refractivity contribution in [3.8, 4) is 0 Å². The first kappa shape index (κ1) is 22.0. The molecule has 0 bridgehead atoms. The first-order chi connectivity index (χ1) is 14.0. The fourth-order valence-corrected chi connectivity index (χ4v) is 5.44. The monoisotopic (exact) mass is 430 g/mol. The maximum Gasteiger partial charge on any atom is 0.326 e. The first-order valence-corrected chi connectivity index (χ1v) is 11.2. The van der Waals surface area contributed by atoms with E-state index < -0.39 is 22.0 Å². The smallest absolute Gasteiger partial charge is 0.326 e. The van der Waals surface area contributed by atoms with E-state index in [1.807, 2.05) is 19.1 Å². The summed E-state index contributed by atoms with van der Waals surface area (Å²) in [4.78, 5) is 23.9. The molecule has 0 saturated carbocycles. The molecule has 8 heteroatoms. The van der Waals surface area contributed by atoms with Crippen LogP contribution in [0.4, 0.5) is 5.69 Å². The Morgan fingerprint density at radius 3 is 2.33 bits per heavy atom. The number of carboxylic acid groups (broad SMARTS) is 1. The van der Waals surface area contributed by atoms with Gasteiger partial charge in [0.05, 0.1) is 4.90 Å². The van der Waals surface area contributed by atoms with Crippen molar-refractivity contribution in [2.24, 2.45) is 0 Å². The van der Waals surface area contributed by atoms with Crippen LogP contribution in [-0.2, 0) is 26.0 Å². The van der Waals surface area contributed by atoms with Crippen LogP contribution in [0.1, 0.15) is 46.7 Å². The summed E-state index contributed by atoms with van der Waals surface area (Å²) < 4.78 is 27.6. The molecule has 0 aromatic heterocycles. The largest absolute Gasteiger partial charge is 0.480 e. The van der Waals surface area contributed by atoms with Crippen molar-refractivity contribution in [1.29, 1.82) is 0 Å². The van der Waals surface area contributed by atoms with Crippen LogP contribution in [0.2, 0.25) is 0 Å². The third kappa shape index (κ3) is 4.11. The summed E-state index contributed by atoms with van der Waals surface area (Å²) in [7, 11) is -2.80. The van der Waals surface area contributed by atoms with Crippen molar-refractivity contribution < 1.29 is 23.1 Å². The molecule has 0 spiro atoms. The van der Waals surface area contributed by atoms with Gasteiger partial charge in [-0.2, -0.15) is 4.31 Å². The number of benzene rings is 2. The number of likely N-dealkylation sites (N-methyl/N-ethyl adjacent to an activating group) is 1. The summed E-state index contributed by atoms with van der Waals surface area (Å²) in [5.41, 5.74) is 4.24. The number of aliphatic carboxylic acids is 1. The van der Waals surface area contributed by atoms with Gasteiger partial charge in [0, 0.05) is 19.2 Å². The topological polar surface area (TPSA) is 104 Å². The molecule has 2 aromatic rings. The number of carbonyl (C=O) groups excluding carboxylic acids is 1. The number of aryl methyl sites for hydroxylation is 4. The number of nitrogens with one attached hydrogen (secondary N) is 1. The van der Waals surface area contributed by atoms with E-state index in [0.717, 1.165) is 26.6 Å². The van der Waals surface area contributed by atoms with E-state index in [9.17, 15) is 23.1 Å². The number of fused-ring (bicyclic) bond motifs is 1. The number of hydrogen-bond acceptors (Lipinski definition) is 4. The van der Waals surface area contributed by atoms with E-state index in [4.69, 9.17) is 0 Å². The molecule has 160 valence electrons. The molecule has 7 nitrogen and oxygen atoms in total. The Hall–Kier alpha value is -2.71. The third-order valence-electron chi connectivity index (χ3n) is 5.49. The third-order valence-corrected chi connectivity index (χ3v) is 7.31. The van der Waals surface area contributed by atoms with E-state index in [-0.39, 0.29) is 10.8 Å². The molecule has 3 rings (SSSR count). The lowest BCUT2D eigenvalue weighted by atomic mass is 9.94. The highest BCUT2D eigenvalue weighted by Crippen LogP contribution is 2.33. The van der Waals surface area contributed by atoms with Crippen LogP contribution >= 0.6 is 0 Å². The highest BCUT2D eigenvalue weighted by atomic mass is 32.2. The Labute approximate surface area is 176 Å². The van der Waals surface area contributed by atoms with Crippen LogP contribution in [0, 0.1) is 20.8 Å². The number of carbonyl (C=O) groups is 2. The van der Waals surface area contributed by atoms with Gasteiger partial charge in [0.1, 0.15) is 6.04 Å². The first-order valence-electron chi connectivity index (χ1n) is 9.73. The second-order valence-electron chi connectivity index (χ2n) is 7.80. The van der Waals surface area contributed by atoms with Gasteiger partial charge in [0.25, 0.3) is 0 Å². The minimum atomic E-state index is -4.09. The average Bonchev–Trinajstić information content (AvgIpc) is 2.83. The molecule has 1 heterocycles. The van der Waals surface area contributed by atoms with Crippen LogP contribution in [0.3, 0.4) is 0 Å². The minimum Gasteiger partial charge on any atom is -0.480 e. The van der Waals surface area contributed by atoms with Gasteiger partial charge in [-0.05, 0) is 74.1 Å². The standard InChI is InChI=1S/C22H26N2O5S/c1-13-10-14(2)20(15(3)11-13)21(22(26)27)24(4)30(28,29)17-8-9-18-16(12-17)6-5-7-19(25)23-18/h8-12,21H,5-7H2,1-4H3,(H,23,25)(H,26,27)/t21-/m1/s1. The Balaban J connectivity index is 2.06. The van der Waals surface area contributed by atoms with E-state index in [1.54, 1.807) is 19.9 Å². The van der Waals surface area contributed by atoms with Crippen molar-refractivity contribution in [3.63, 3.8) is 0 Å². The average molecular weight is 431 g/mol. The highest BCUT2D eigenvalue weighted by molar-refractivity contribution is 7.89. The van der Waals surface area contributed by atoms with Gasteiger partial charge in [0.15, 0.2) is 0 Å². The lowest BCUT2D eigenvalue weighted by Gasteiger charge is -2.27. The van der Waals surface area contributed by atoms with Gasteiger partial charge in [-0.3, -0.25) is 9.59 Å². The molecule has 1 aliphatic rings. The number of hydrogen-bond donors (Lipinski definition) is 2. The maximum atomic E-state index is 13.4. The van der Waals surface area contributed by atoms with Crippen LogP contribution in [0.5, 0.6) is 0 Å². The molecule has 1 atom stereocenters. The predicted octanol–water partition coefficient (Wildman–Crippen LogP) is 3.33. The Morgan fingerprint density at radius 1 is 1.10 bits per heavy atom. The molecular formula is C22H26N2O5S. The molecule has 2 N–H and O–H groups in total. The van der Waals surface area contributed by atoms with Gasteiger partial charge in [-0.1, -0.05) is 17.7 Å². The number of amides is 1. The Kier molecular flexibility index (Phi) is 6.01. The number of sulfonamides is 1. The lowest BCUT2D eigenvalue weighted by Crippen LogP contribution is -2.36. The lowest BCUT2D eigenvalue weighted by molar-refractivity contribution is -0.141. The van der Waals surface area contributed by atoms with Crippen molar-refractivity contribution in [1.82, 2.24) is 4.31 Å². The van der Waals surface area contributed by atoms with Crippen molar-refractivity contribution >= 4 is 27.6 Å². The number of nitrogens with zero attached hydrogens (tertiary/aromatic N) is 1. The normalized spacial score (nSPS) is 15.3. The van der Waals surface area contributed by atoms with Crippen LogP contribution < -0.4 is 5.32 Å². The second kappa shape index (κ2) is 8.20. The summed E-state index contributed by atoms with van der Waals surface area (Å²) in [5.74, 6) is -1.34. The van der Waals surface area contributed by atoms with Crippen LogP contribution in [0.25, 0.3) is 0 Å². The zero-order valence-corrected chi connectivity index (χ0v) is 18.3. The zero-order valence-electron chi connectivity index (χ0n) is 17.5. The molecule has 0 aliphatic carbocycles. The number of carboxylic acids is 1. The molecular weight excluding hydrogens is 404 g/mol. The number of rotatable bonds is 5. The molecule has 1 amide bonds. The van der Waals surface area contributed by atoms with Gasteiger partial charge >= 0.3 is 5.97 Å². The zero-order chi connectivity index (χ0) is 22.2. The number of anilines is 1. The SMILES string of the molecule is Cc1cc(C)c([C@H](C(=O)O)N(C)S(=O)(=O)c2ccc3c(c2)CCCC(=O)N3)c(C)c1. The molecule has 0 radical (unpaired) electrons. The van der Waals surface area contributed by atoms with E-state index in [0.29, 0.717) is 30.5 Å². The predicted molar refractivity (Wildman–Crippen MR) is 114 cm³/mol. The summed E-state index contributed by atoms with van der Waals surface area (Å²) in [6.07, 6.45) is 1.57. The van der Waals surface area contributed by atoms with Crippen LogP contribution in [-0.4, -0.2) is 36.8 Å². The molecule has 30 heavy (non-hydrogen) atoms. The van der Waals surface area contributed by atoms with E-state index >= 15 is 0 Å². The van der Waals surface area contributed by atoms with Gasteiger partial charge in [-0.15, -0.1) is 0 Å². The van der Waals surface area contributed by atoms with Crippen molar-refractivity contribution in [2.45, 2.75) is 51.0 Å². The fourth-order valence-electron chi connectivity index (χ4n) is 4.10. The second-order valence-corrected chi connectivity index (χ2v) is 9.79. The maximum absolute atomic E-state index is 13.4. The molecule has 0 saturated heterocycles. The van der Waals surface area contributed by atoms with E-state index in [1.165, 1.54) is 19.2 Å². The minimum absolute atomic E-state index is 0.00793. The van der Waals surface area contributed by atoms with Crippen molar-refractivity contribution in [3.05, 3.63) is 58.1 Å². The summed E-state index contributed by atoms with van der Waals surface area (Å²) in [6.45, 7) is 5.49. The quantitative estimate of drug-likeness (QED) is 0.757. The van der Waals surface area contributed by atoms with Gasteiger partial charge in [-0.25, -0.2) is 8.42 Å². The van der Waals surface area contributed by atoms with Gasteiger partial charge < -0.3 is 10.4 Å². The van der Waals surface area contributed by atoms with E-state index in [2.05, 4.69) is 5.32 Å². The Morgan fingerprint density at radius 2 is 1.73 bits per heavy atom. The molecule has 1 aliphatic heterocycles. The summed E-state index contributed by atoms with van der Waals surface area (Å²) >= 11 is 0. The van der Waals surface area contributed by atoms with Crippen LogP contribution in [0.15, 0.2) is 35.2 Å².